The molecule has 5 N–H and O–H groups in total. The number of aliphatic hydroxyl groups is 1. The number of amides is 2. The maximum absolute atomic E-state index is 12.7. The largest absolute Gasteiger partial charge is 0.478 e. The number of carboxylic acid groups (broad SMARTS) is 2. The number of carboxylic acids is 2. The van der Waals surface area contributed by atoms with Crippen molar-refractivity contribution in [1.82, 2.24) is 10.2 Å². The van der Waals surface area contributed by atoms with Gasteiger partial charge in [0.15, 0.2) is 0 Å². The van der Waals surface area contributed by atoms with Gasteiger partial charge in [0.05, 0.1) is 29.7 Å². The number of rotatable bonds is 7. The fraction of sp³-hybridized carbons (Fsp3) is 0.455. The first-order valence-corrected chi connectivity index (χ1v) is 11.5. The molecule has 2 saturated heterocycles. The second kappa shape index (κ2) is 8.81. The quantitative estimate of drug-likeness (QED) is 0.362. The summed E-state index contributed by atoms with van der Waals surface area (Å²) in [5.41, 5.74) is 0.418. The van der Waals surface area contributed by atoms with Gasteiger partial charge in [0.25, 0.3) is 0 Å². The third-order valence-electron chi connectivity index (χ3n) is 6.39. The van der Waals surface area contributed by atoms with Crippen LogP contribution in [0.5, 0.6) is 0 Å². The molecule has 0 aromatic heterocycles. The number of hydrogen-bond acceptors (Lipinski definition) is 7. The molecule has 0 bridgehead atoms. The van der Waals surface area contributed by atoms with E-state index in [9.17, 15) is 29.4 Å². The number of aliphatic carboxylic acids is 1. The first kappa shape index (κ1) is 23.3. The molecule has 2 fully saturated rings. The highest BCUT2D eigenvalue weighted by Gasteiger charge is 2.60. The minimum Gasteiger partial charge on any atom is -0.478 e. The van der Waals surface area contributed by atoms with Crippen LogP contribution in [0.4, 0.5) is 5.69 Å². The summed E-state index contributed by atoms with van der Waals surface area (Å²) < 4.78 is 0. The van der Waals surface area contributed by atoms with Crippen molar-refractivity contribution < 1.29 is 34.5 Å². The monoisotopic (exact) mass is 475 g/mol. The third-order valence-corrected chi connectivity index (χ3v) is 7.90. The van der Waals surface area contributed by atoms with Crippen molar-refractivity contribution in [2.75, 3.05) is 11.9 Å². The molecule has 3 heterocycles. The Morgan fingerprint density at radius 3 is 2.61 bits per heavy atom. The zero-order valence-corrected chi connectivity index (χ0v) is 18.8. The Hall–Kier alpha value is -2.89. The highest BCUT2D eigenvalue weighted by molar-refractivity contribution is 8.03. The van der Waals surface area contributed by atoms with Crippen LogP contribution in [0.2, 0.25) is 0 Å². The van der Waals surface area contributed by atoms with E-state index in [1.807, 2.05) is 6.92 Å². The summed E-state index contributed by atoms with van der Waals surface area (Å²) in [4.78, 5) is 50.1. The van der Waals surface area contributed by atoms with Gasteiger partial charge in [-0.05, 0) is 31.5 Å². The topological polar surface area (TPSA) is 156 Å². The van der Waals surface area contributed by atoms with Crippen LogP contribution in [-0.4, -0.2) is 74.0 Å². The summed E-state index contributed by atoms with van der Waals surface area (Å²) in [5.74, 6) is -3.79. The average Bonchev–Trinajstić information content (AvgIpc) is 3.30. The van der Waals surface area contributed by atoms with Crippen LogP contribution in [0.25, 0.3) is 0 Å². The van der Waals surface area contributed by atoms with Crippen LogP contribution in [0.15, 0.2) is 34.9 Å². The van der Waals surface area contributed by atoms with Crippen LogP contribution in [0, 0.1) is 11.8 Å². The summed E-state index contributed by atoms with van der Waals surface area (Å²) in [7, 11) is 0. The lowest BCUT2D eigenvalue weighted by atomic mass is 9.79. The molecule has 4 rings (SSSR count). The van der Waals surface area contributed by atoms with Gasteiger partial charge in [0.1, 0.15) is 5.70 Å². The summed E-state index contributed by atoms with van der Waals surface area (Å²) in [6, 6.07) is 5.07. The zero-order valence-electron chi connectivity index (χ0n) is 18.0. The molecular weight excluding hydrogens is 450 g/mol. The van der Waals surface area contributed by atoms with Crippen molar-refractivity contribution in [2.45, 2.75) is 43.7 Å². The average molecular weight is 476 g/mol. The first-order chi connectivity index (χ1) is 15.6. The van der Waals surface area contributed by atoms with Gasteiger partial charge in [-0.3, -0.25) is 9.59 Å². The zero-order chi connectivity index (χ0) is 24.0. The molecule has 1 aromatic carbocycles. The molecule has 10 nitrogen and oxygen atoms in total. The first-order valence-electron chi connectivity index (χ1n) is 10.6. The molecule has 0 spiro atoms. The molecule has 0 radical (unpaired) electrons. The van der Waals surface area contributed by atoms with Gasteiger partial charge >= 0.3 is 11.9 Å². The van der Waals surface area contributed by atoms with E-state index < -0.39 is 30.0 Å². The van der Waals surface area contributed by atoms with Gasteiger partial charge in [-0.15, -0.1) is 11.8 Å². The van der Waals surface area contributed by atoms with Gasteiger partial charge < -0.3 is 30.9 Å². The Balaban J connectivity index is 1.43. The van der Waals surface area contributed by atoms with Crippen LogP contribution < -0.4 is 10.6 Å². The lowest BCUT2D eigenvalue weighted by Crippen LogP contribution is -2.63. The van der Waals surface area contributed by atoms with Crippen molar-refractivity contribution in [3.05, 3.63) is 40.4 Å². The number of carbonyl (C=O) groups is 4. The molecule has 3 aliphatic heterocycles. The second-order valence-corrected chi connectivity index (χ2v) is 9.93. The van der Waals surface area contributed by atoms with E-state index in [2.05, 4.69) is 10.6 Å². The Morgan fingerprint density at radius 2 is 1.97 bits per heavy atom. The second-order valence-electron chi connectivity index (χ2n) is 8.58. The van der Waals surface area contributed by atoms with Crippen LogP contribution in [0.1, 0.15) is 30.6 Å². The maximum atomic E-state index is 12.7. The minimum atomic E-state index is -1.18. The number of nitrogens with one attached hydrogen (secondary N) is 2. The summed E-state index contributed by atoms with van der Waals surface area (Å²) in [6.45, 7) is 3.87. The lowest BCUT2D eigenvalue weighted by molar-refractivity contribution is -0.163. The predicted octanol–water partition coefficient (Wildman–Crippen LogP) is 0.941. The van der Waals surface area contributed by atoms with Crippen LogP contribution in [0.3, 0.4) is 0 Å². The highest BCUT2D eigenvalue weighted by Crippen LogP contribution is 2.51. The van der Waals surface area contributed by atoms with Crippen molar-refractivity contribution in [2.24, 2.45) is 11.8 Å². The van der Waals surface area contributed by atoms with E-state index in [0.717, 1.165) is 0 Å². The summed E-state index contributed by atoms with van der Waals surface area (Å²) in [5, 5.41) is 34.6. The molecule has 1 unspecified atom stereocenters. The molecule has 0 saturated carbocycles. The van der Waals surface area contributed by atoms with Crippen LogP contribution >= 0.6 is 11.8 Å². The number of nitrogens with zero attached hydrogens (tertiary/aromatic N) is 1. The molecular formula is C22H25N3O7S. The number of aromatic carboxylic acids is 1. The van der Waals surface area contributed by atoms with Gasteiger partial charge in [-0.25, -0.2) is 9.59 Å². The highest BCUT2D eigenvalue weighted by atomic mass is 32.2. The van der Waals surface area contributed by atoms with Gasteiger partial charge in [0, 0.05) is 28.3 Å². The van der Waals surface area contributed by atoms with Gasteiger partial charge in [0.2, 0.25) is 11.8 Å². The molecule has 3 aliphatic rings. The minimum absolute atomic E-state index is 0.0298. The van der Waals surface area contributed by atoms with E-state index in [1.165, 1.54) is 35.7 Å². The van der Waals surface area contributed by atoms with Crippen LogP contribution in [-0.2, 0) is 14.4 Å². The van der Waals surface area contributed by atoms with Crippen molar-refractivity contribution in [3.63, 3.8) is 0 Å². The molecule has 11 heteroatoms. The summed E-state index contributed by atoms with van der Waals surface area (Å²) in [6.07, 6.45) is -0.419. The number of thioether (sulfide) groups is 1. The van der Waals surface area contributed by atoms with E-state index >= 15 is 0 Å². The molecule has 176 valence electrons. The van der Waals surface area contributed by atoms with E-state index in [0.29, 0.717) is 23.6 Å². The normalized spacial score (nSPS) is 29.5. The Morgan fingerprint density at radius 1 is 1.24 bits per heavy atom. The number of hydrogen-bond donors (Lipinski definition) is 5. The Kier molecular flexibility index (Phi) is 6.21. The molecule has 1 aromatic rings. The summed E-state index contributed by atoms with van der Waals surface area (Å²) >= 11 is 1.36. The maximum Gasteiger partial charge on any atom is 0.353 e. The third kappa shape index (κ3) is 4.11. The van der Waals surface area contributed by atoms with Crippen molar-refractivity contribution in [3.8, 4) is 0 Å². The van der Waals surface area contributed by atoms with Crippen molar-refractivity contribution in [1.29, 1.82) is 0 Å². The molecule has 6 atom stereocenters. The fourth-order valence-corrected chi connectivity index (χ4v) is 6.29. The number of β-lactam (4-membered cyclic amide) rings is 1. The molecule has 2 amide bonds. The number of anilines is 1. The number of benzene rings is 1. The molecule has 0 aliphatic carbocycles. The smallest absolute Gasteiger partial charge is 0.353 e. The number of carbonyl (C=O) groups excluding carboxylic acids is 2. The number of aliphatic hydroxyl groups excluding tert-OH is 1. The van der Waals surface area contributed by atoms with E-state index in [4.69, 9.17) is 5.11 Å². The Labute approximate surface area is 194 Å². The standard InChI is InChI=1S/C22H25N3O7S/c1-9-16-15(10(2)26)20(28)25(16)17(22(31)32)18(9)33-13-7-14(23-8-13)19(27)24-12-5-3-4-11(6-12)21(29)30/h3-6,9-10,13-16,23,26H,7-8H2,1-2H3,(H,24,27)(H,29,30)(H,31,32)/t9-,10-,13+,14?,15-,16-/m1/s1. The SMILES string of the molecule is C[C@@H](O)[C@H]1C(=O)N2C(C(=O)O)=C(S[C@@H]3CNC(C(=O)Nc4cccc(C(=O)O)c4)C3)[C@H](C)[C@H]12. The fourth-order valence-electron chi connectivity index (χ4n) is 4.81. The van der Waals surface area contributed by atoms with Gasteiger partial charge in [-0.1, -0.05) is 13.0 Å². The molecule has 33 heavy (non-hydrogen) atoms. The van der Waals surface area contributed by atoms with E-state index in [1.54, 1.807) is 12.1 Å². The Bertz CT molecular complexity index is 1060. The van der Waals surface area contributed by atoms with Gasteiger partial charge in [-0.2, -0.15) is 0 Å². The lowest BCUT2D eigenvalue weighted by Gasteiger charge is -2.46. The van der Waals surface area contributed by atoms with E-state index in [-0.39, 0.29) is 40.3 Å². The predicted molar refractivity (Wildman–Crippen MR) is 119 cm³/mol. The number of fused-ring (bicyclic) bond motifs is 1. The van der Waals surface area contributed by atoms with Crippen molar-refractivity contribution >= 4 is 41.2 Å².